The van der Waals surface area contributed by atoms with Crippen molar-refractivity contribution >= 4 is 35.9 Å². The van der Waals surface area contributed by atoms with Gasteiger partial charge in [0, 0.05) is 42.4 Å². The van der Waals surface area contributed by atoms with Crippen molar-refractivity contribution < 1.29 is 0 Å². The Bertz CT molecular complexity index is 1090. The molecule has 2 atom stereocenters. The monoisotopic (exact) mass is 434 g/mol. The largest absolute Gasteiger partial charge is 0.353 e. The molecule has 2 unspecified atom stereocenters. The summed E-state index contributed by atoms with van der Waals surface area (Å²) in [6.45, 7) is 3.19. The number of hydrogen-bond donors (Lipinski definition) is 4. The number of halogens is 1. The third-order valence-corrected chi connectivity index (χ3v) is 5.86. The van der Waals surface area contributed by atoms with E-state index in [-0.39, 0.29) is 11.8 Å². The van der Waals surface area contributed by atoms with Crippen molar-refractivity contribution in [2.24, 2.45) is 20.2 Å². The topological polar surface area (TPSA) is 97.6 Å². The molecule has 9 heteroatoms. The van der Waals surface area contributed by atoms with Crippen molar-refractivity contribution in [1.29, 1.82) is 0 Å². The summed E-state index contributed by atoms with van der Waals surface area (Å²) in [7, 11) is 0. The van der Waals surface area contributed by atoms with Gasteiger partial charge in [0.25, 0.3) is 0 Å². The van der Waals surface area contributed by atoms with Crippen LogP contribution in [0.5, 0.6) is 0 Å². The third-order valence-electron chi connectivity index (χ3n) is 5.54. The van der Waals surface area contributed by atoms with E-state index in [2.05, 4.69) is 65.9 Å². The molecule has 0 bridgehead atoms. The number of benzene rings is 2. The lowest BCUT2D eigenvalue weighted by atomic mass is 9.73. The van der Waals surface area contributed by atoms with Crippen molar-refractivity contribution in [3.8, 4) is 0 Å². The molecule has 3 aliphatic rings. The van der Waals surface area contributed by atoms with E-state index >= 15 is 0 Å². The quantitative estimate of drug-likeness (QED) is 0.437. The van der Waals surface area contributed by atoms with Gasteiger partial charge in [0.2, 0.25) is 11.9 Å². The maximum absolute atomic E-state index is 6.71. The van der Waals surface area contributed by atoms with Gasteiger partial charge in [-0.25, -0.2) is 20.8 Å². The van der Waals surface area contributed by atoms with Crippen LogP contribution in [0.15, 0.2) is 62.7 Å². The highest BCUT2D eigenvalue weighted by atomic mass is 35.5. The Labute approximate surface area is 185 Å². The zero-order valence-corrected chi connectivity index (χ0v) is 17.6. The fraction of sp³-hybridized carbons (Fsp3) is 0.273. The van der Waals surface area contributed by atoms with Gasteiger partial charge in [0.05, 0.1) is 13.1 Å². The predicted molar refractivity (Wildman–Crippen MR) is 125 cm³/mol. The molecule has 8 nitrogen and oxygen atoms in total. The molecule has 158 valence electrons. The van der Waals surface area contributed by atoms with Crippen LogP contribution in [-0.2, 0) is 0 Å². The Morgan fingerprint density at radius 1 is 0.806 bits per heavy atom. The molecule has 5 rings (SSSR count). The summed E-state index contributed by atoms with van der Waals surface area (Å²) < 4.78 is 0. The number of aliphatic imine (C=N–C) groups is 2. The summed E-state index contributed by atoms with van der Waals surface area (Å²) in [5, 5.41) is 16.0. The van der Waals surface area contributed by atoms with Crippen LogP contribution in [0.4, 0.5) is 0 Å². The molecule has 0 amide bonds. The highest BCUT2D eigenvalue weighted by molar-refractivity contribution is 6.32. The van der Waals surface area contributed by atoms with Crippen molar-refractivity contribution in [3.63, 3.8) is 0 Å². The summed E-state index contributed by atoms with van der Waals surface area (Å²) in [6, 6.07) is 14.4. The van der Waals surface area contributed by atoms with Crippen LogP contribution < -0.4 is 21.5 Å². The smallest absolute Gasteiger partial charge is 0.212 e. The SMILES string of the molecule is Clc1cccc2c1C(/C=N/NC1=NCCN1)c1ccccc1C2/C=N/NC1=NCCN1. The third kappa shape index (κ3) is 3.98. The average Bonchev–Trinajstić information content (AvgIpc) is 3.49. The Kier molecular flexibility index (Phi) is 5.54. The number of hydrogen-bond acceptors (Lipinski definition) is 8. The fourth-order valence-corrected chi connectivity index (χ4v) is 4.46. The number of nitrogens with one attached hydrogen (secondary N) is 4. The van der Waals surface area contributed by atoms with Gasteiger partial charge in [0.1, 0.15) is 0 Å². The zero-order valence-electron chi connectivity index (χ0n) is 16.8. The predicted octanol–water partition coefficient (Wildman–Crippen LogP) is 1.99. The average molecular weight is 435 g/mol. The number of hydrazone groups is 2. The van der Waals surface area contributed by atoms with E-state index in [0.717, 1.165) is 42.9 Å². The number of rotatable bonds is 4. The van der Waals surface area contributed by atoms with Crippen LogP contribution in [-0.4, -0.2) is 50.5 Å². The maximum atomic E-state index is 6.71. The van der Waals surface area contributed by atoms with Crippen LogP contribution in [0.3, 0.4) is 0 Å². The van der Waals surface area contributed by atoms with Gasteiger partial charge in [-0.2, -0.15) is 10.2 Å². The highest BCUT2D eigenvalue weighted by Gasteiger charge is 2.32. The molecular formula is C22H23ClN8. The standard InChI is InChI=1S/C22H23ClN8/c23-19-7-3-6-16-17(12-28-30-21-24-8-9-25-21)14-4-1-2-5-15(14)18(20(16)19)13-29-31-22-26-10-11-27-22/h1-7,12-13,17-18H,8-11H2,(H2,24,25,30)(H2,26,27,31)/b28-12+,29-13+. The van der Waals surface area contributed by atoms with E-state index in [0.29, 0.717) is 16.9 Å². The van der Waals surface area contributed by atoms with E-state index in [1.165, 1.54) is 5.56 Å². The van der Waals surface area contributed by atoms with Gasteiger partial charge < -0.3 is 10.6 Å². The van der Waals surface area contributed by atoms with Gasteiger partial charge in [0.15, 0.2) is 0 Å². The van der Waals surface area contributed by atoms with Crippen molar-refractivity contribution in [2.75, 3.05) is 26.2 Å². The molecule has 0 radical (unpaired) electrons. The van der Waals surface area contributed by atoms with Gasteiger partial charge in [-0.05, 0) is 28.3 Å². The minimum atomic E-state index is -0.0760. The molecular weight excluding hydrogens is 412 g/mol. The molecule has 0 fully saturated rings. The summed E-state index contributed by atoms with van der Waals surface area (Å²) in [5.41, 5.74) is 10.5. The molecule has 1 aliphatic carbocycles. The molecule has 2 aromatic rings. The van der Waals surface area contributed by atoms with Crippen molar-refractivity contribution in [3.05, 3.63) is 69.7 Å². The summed E-state index contributed by atoms with van der Waals surface area (Å²) in [4.78, 5) is 8.64. The molecule has 0 spiro atoms. The van der Waals surface area contributed by atoms with E-state index in [9.17, 15) is 0 Å². The Morgan fingerprint density at radius 3 is 2.00 bits per heavy atom. The second kappa shape index (κ2) is 8.77. The first-order valence-corrected chi connectivity index (χ1v) is 10.7. The lowest BCUT2D eigenvalue weighted by molar-refractivity contribution is 0.882. The Morgan fingerprint density at radius 2 is 1.39 bits per heavy atom. The first-order valence-electron chi connectivity index (χ1n) is 10.3. The van der Waals surface area contributed by atoms with Crippen LogP contribution in [0.25, 0.3) is 0 Å². The van der Waals surface area contributed by atoms with E-state index in [4.69, 9.17) is 11.6 Å². The van der Waals surface area contributed by atoms with Gasteiger partial charge in [-0.1, -0.05) is 48.0 Å². The second-order valence-electron chi connectivity index (χ2n) is 7.42. The number of guanidine groups is 2. The van der Waals surface area contributed by atoms with E-state index in [1.54, 1.807) is 0 Å². The molecule has 2 aromatic carbocycles. The van der Waals surface area contributed by atoms with Gasteiger partial charge in [-0.15, -0.1) is 0 Å². The van der Waals surface area contributed by atoms with E-state index in [1.807, 2.05) is 30.6 Å². The highest BCUT2D eigenvalue weighted by Crippen LogP contribution is 2.44. The van der Waals surface area contributed by atoms with Crippen LogP contribution in [0, 0.1) is 0 Å². The van der Waals surface area contributed by atoms with Crippen molar-refractivity contribution in [1.82, 2.24) is 21.5 Å². The van der Waals surface area contributed by atoms with Gasteiger partial charge in [-0.3, -0.25) is 0 Å². The summed E-state index contributed by atoms with van der Waals surface area (Å²) >= 11 is 6.71. The first-order chi connectivity index (χ1) is 15.3. The van der Waals surface area contributed by atoms with Gasteiger partial charge >= 0.3 is 0 Å². The van der Waals surface area contributed by atoms with Crippen LogP contribution >= 0.6 is 11.6 Å². The first kappa shape index (κ1) is 19.6. The lowest BCUT2D eigenvalue weighted by Gasteiger charge is -2.31. The minimum absolute atomic E-state index is 0.0297. The van der Waals surface area contributed by atoms with Crippen LogP contribution in [0.1, 0.15) is 34.1 Å². The normalized spacial score (nSPS) is 21.8. The summed E-state index contributed by atoms with van der Waals surface area (Å²) in [6.07, 6.45) is 3.81. The van der Waals surface area contributed by atoms with E-state index < -0.39 is 0 Å². The number of nitrogens with zero attached hydrogens (tertiary/aromatic N) is 4. The molecule has 2 aliphatic heterocycles. The Balaban J connectivity index is 1.50. The summed E-state index contributed by atoms with van der Waals surface area (Å²) in [5.74, 6) is 1.29. The molecule has 0 saturated heterocycles. The molecule has 4 N–H and O–H groups in total. The van der Waals surface area contributed by atoms with Crippen LogP contribution in [0.2, 0.25) is 5.02 Å². The number of fused-ring (bicyclic) bond motifs is 2. The molecule has 0 saturated carbocycles. The molecule has 0 aromatic heterocycles. The molecule has 2 heterocycles. The fourth-order valence-electron chi connectivity index (χ4n) is 4.16. The zero-order chi connectivity index (χ0) is 21.0. The lowest BCUT2D eigenvalue weighted by Crippen LogP contribution is -2.31. The second-order valence-corrected chi connectivity index (χ2v) is 7.83. The Hall–Kier alpha value is -3.39. The molecule has 31 heavy (non-hydrogen) atoms. The maximum Gasteiger partial charge on any atom is 0.212 e. The minimum Gasteiger partial charge on any atom is -0.353 e. The van der Waals surface area contributed by atoms with Crippen molar-refractivity contribution in [2.45, 2.75) is 11.8 Å².